The van der Waals surface area contributed by atoms with E-state index in [1.165, 1.54) is 32.0 Å². The highest BCUT2D eigenvalue weighted by Gasteiger charge is 2.10. The van der Waals surface area contributed by atoms with Crippen LogP contribution in [0.15, 0.2) is 23.4 Å². The van der Waals surface area contributed by atoms with Crippen molar-refractivity contribution in [2.75, 3.05) is 25.4 Å². The van der Waals surface area contributed by atoms with Crippen molar-refractivity contribution in [3.8, 4) is 0 Å². The third kappa shape index (κ3) is 3.99. The lowest BCUT2D eigenvalue weighted by atomic mass is 10.3. The smallest absolute Gasteiger partial charge is 0.335 e. The van der Waals surface area contributed by atoms with Crippen LogP contribution in [0.5, 0.6) is 0 Å². The maximum atomic E-state index is 10.8. The number of aromatic carboxylic acids is 1. The van der Waals surface area contributed by atoms with Gasteiger partial charge in [-0.25, -0.2) is 9.78 Å². The normalized spacial score (nSPS) is 16.0. The molecule has 0 atom stereocenters. The monoisotopic (exact) mass is 266 g/mol. The van der Waals surface area contributed by atoms with E-state index >= 15 is 0 Å². The highest BCUT2D eigenvalue weighted by molar-refractivity contribution is 7.99. The highest BCUT2D eigenvalue weighted by atomic mass is 32.2. The summed E-state index contributed by atoms with van der Waals surface area (Å²) < 4.78 is 0. The van der Waals surface area contributed by atoms with Gasteiger partial charge in [-0.2, -0.15) is 0 Å². The van der Waals surface area contributed by atoms with Crippen LogP contribution in [0.2, 0.25) is 0 Å². The van der Waals surface area contributed by atoms with Crippen molar-refractivity contribution in [3.05, 3.63) is 23.9 Å². The Morgan fingerprint density at radius 3 is 2.94 bits per heavy atom. The molecule has 98 valence electrons. The van der Waals surface area contributed by atoms with Gasteiger partial charge in [0.25, 0.3) is 0 Å². The molecule has 0 aliphatic carbocycles. The van der Waals surface area contributed by atoms with Crippen LogP contribution in [0.25, 0.3) is 0 Å². The van der Waals surface area contributed by atoms with Gasteiger partial charge in [0.15, 0.2) is 0 Å². The summed E-state index contributed by atoms with van der Waals surface area (Å²) >= 11 is 1.63. The van der Waals surface area contributed by atoms with Gasteiger partial charge < -0.3 is 10.0 Å². The van der Waals surface area contributed by atoms with Crippen LogP contribution >= 0.6 is 11.8 Å². The number of pyridine rings is 1. The van der Waals surface area contributed by atoms with Crippen LogP contribution in [0.4, 0.5) is 0 Å². The minimum Gasteiger partial charge on any atom is -0.478 e. The summed E-state index contributed by atoms with van der Waals surface area (Å²) in [5.41, 5.74) is 0.312. The number of hydrogen-bond acceptors (Lipinski definition) is 4. The third-order valence-corrected chi connectivity index (χ3v) is 4.06. The Labute approximate surface area is 111 Å². The fourth-order valence-corrected chi connectivity index (χ4v) is 2.92. The molecule has 2 rings (SSSR count). The van der Waals surface area contributed by atoms with Crippen LogP contribution in [0, 0.1) is 0 Å². The maximum Gasteiger partial charge on any atom is 0.335 e. The maximum absolute atomic E-state index is 10.8. The van der Waals surface area contributed by atoms with Crippen molar-refractivity contribution in [2.45, 2.75) is 24.3 Å². The highest BCUT2D eigenvalue weighted by Crippen LogP contribution is 2.18. The van der Waals surface area contributed by atoms with Gasteiger partial charge >= 0.3 is 5.97 Å². The lowest BCUT2D eigenvalue weighted by Gasteiger charge is -2.13. The molecule has 1 saturated heterocycles. The van der Waals surface area contributed by atoms with Crippen LogP contribution in [-0.2, 0) is 0 Å². The van der Waals surface area contributed by atoms with E-state index < -0.39 is 5.97 Å². The Morgan fingerprint density at radius 2 is 2.22 bits per heavy atom. The molecule has 0 bridgehead atoms. The lowest BCUT2D eigenvalue weighted by molar-refractivity contribution is 0.0696. The molecule has 0 saturated carbocycles. The van der Waals surface area contributed by atoms with E-state index in [0.717, 1.165) is 23.7 Å². The quantitative estimate of drug-likeness (QED) is 0.633. The predicted octanol–water partition coefficient (Wildman–Crippen LogP) is 2.36. The van der Waals surface area contributed by atoms with Crippen molar-refractivity contribution < 1.29 is 9.90 Å². The first-order valence-corrected chi connectivity index (χ1v) is 7.29. The molecular formula is C13H18N2O2S. The van der Waals surface area contributed by atoms with Gasteiger partial charge in [0.05, 0.1) is 10.6 Å². The van der Waals surface area contributed by atoms with Gasteiger partial charge in [0, 0.05) is 11.9 Å². The third-order valence-electron chi connectivity index (χ3n) is 3.05. The van der Waals surface area contributed by atoms with Crippen LogP contribution in [0.1, 0.15) is 29.6 Å². The molecule has 1 N–H and O–H groups in total. The topological polar surface area (TPSA) is 53.4 Å². The van der Waals surface area contributed by atoms with Crippen LogP contribution < -0.4 is 0 Å². The SMILES string of the molecule is O=C(O)c1ccnc(SCCCN2CCCC2)c1. The van der Waals surface area contributed by atoms with Gasteiger partial charge in [-0.3, -0.25) is 0 Å². The molecule has 1 fully saturated rings. The summed E-state index contributed by atoms with van der Waals surface area (Å²) in [7, 11) is 0. The first-order chi connectivity index (χ1) is 8.75. The molecule has 1 aliphatic heterocycles. The number of carbonyl (C=O) groups is 1. The number of thioether (sulfide) groups is 1. The first-order valence-electron chi connectivity index (χ1n) is 6.30. The Bertz CT molecular complexity index is 406. The number of hydrogen-bond donors (Lipinski definition) is 1. The van der Waals surface area contributed by atoms with E-state index in [2.05, 4.69) is 9.88 Å². The number of rotatable bonds is 6. The second-order valence-corrected chi connectivity index (χ2v) is 5.55. The largest absolute Gasteiger partial charge is 0.478 e. The Kier molecular flexibility index (Phi) is 5.01. The number of carboxylic acid groups (broad SMARTS) is 1. The van der Waals surface area contributed by atoms with Gasteiger partial charge in [0.1, 0.15) is 0 Å². The Morgan fingerprint density at radius 1 is 1.44 bits per heavy atom. The predicted molar refractivity (Wildman–Crippen MR) is 72.2 cm³/mol. The molecule has 0 spiro atoms. The minimum absolute atomic E-state index is 0.312. The summed E-state index contributed by atoms with van der Waals surface area (Å²) in [6, 6.07) is 3.17. The van der Waals surface area contributed by atoms with E-state index in [4.69, 9.17) is 5.11 Å². The van der Waals surface area contributed by atoms with Crippen molar-refractivity contribution in [3.63, 3.8) is 0 Å². The molecule has 0 unspecified atom stereocenters. The standard InChI is InChI=1S/C13H18N2O2S/c16-13(17)11-4-5-14-12(10-11)18-9-3-8-15-6-1-2-7-15/h4-5,10H,1-3,6-9H2,(H,16,17). The Hall–Kier alpha value is -1.07. The summed E-state index contributed by atoms with van der Waals surface area (Å²) in [5.74, 6) is 0.100. The number of carboxylic acids is 1. The lowest BCUT2D eigenvalue weighted by Crippen LogP contribution is -2.20. The average molecular weight is 266 g/mol. The van der Waals surface area contributed by atoms with Crippen molar-refractivity contribution in [2.24, 2.45) is 0 Å². The number of likely N-dealkylation sites (tertiary alicyclic amines) is 1. The van der Waals surface area contributed by atoms with Gasteiger partial charge in [-0.1, -0.05) is 0 Å². The van der Waals surface area contributed by atoms with E-state index in [1.807, 2.05) is 0 Å². The minimum atomic E-state index is -0.892. The van der Waals surface area contributed by atoms with Crippen molar-refractivity contribution in [1.82, 2.24) is 9.88 Å². The van der Waals surface area contributed by atoms with Gasteiger partial charge in [-0.15, -0.1) is 11.8 Å². The second kappa shape index (κ2) is 6.75. The summed E-state index contributed by atoms with van der Waals surface area (Å²) in [6.07, 6.45) is 5.35. The molecule has 4 nitrogen and oxygen atoms in total. The number of aromatic nitrogens is 1. The molecule has 0 amide bonds. The zero-order valence-electron chi connectivity index (χ0n) is 10.3. The van der Waals surface area contributed by atoms with Crippen molar-refractivity contribution in [1.29, 1.82) is 0 Å². The zero-order valence-corrected chi connectivity index (χ0v) is 11.2. The Balaban J connectivity index is 1.72. The molecule has 2 heterocycles. The molecule has 18 heavy (non-hydrogen) atoms. The van der Waals surface area contributed by atoms with E-state index in [-0.39, 0.29) is 0 Å². The van der Waals surface area contributed by atoms with Crippen molar-refractivity contribution >= 4 is 17.7 Å². The zero-order chi connectivity index (χ0) is 12.8. The molecule has 5 heteroatoms. The first kappa shape index (κ1) is 13.4. The van der Waals surface area contributed by atoms with E-state index in [9.17, 15) is 4.79 Å². The molecule has 1 aromatic rings. The van der Waals surface area contributed by atoms with Crippen LogP contribution in [-0.4, -0.2) is 46.3 Å². The number of nitrogens with zero attached hydrogens (tertiary/aromatic N) is 2. The molecule has 0 aromatic carbocycles. The molecule has 1 aromatic heterocycles. The average Bonchev–Trinajstić information content (AvgIpc) is 2.88. The van der Waals surface area contributed by atoms with Gasteiger partial charge in [0.2, 0.25) is 0 Å². The van der Waals surface area contributed by atoms with Crippen LogP contribution in [0.3, 0.4) is 0 Å². The van der Waals surface area contributed by atoms with E-state index in [1.54, 1.807) is 24.0 Å². The molecule has 1 aliphatic rings. The second-order valence-electron chi connectivity index (χ2n) is 4.44. The fourth-order valence-electron chi connectivity index (χ4n) is 2.09. The molecular weight excluding hydrogens is 248 g/mol. The van der Waals surface area contributed by atoms with Gasteiger partial charge in [-0.05, 0) is 51.0 Å². The molecule has 0 radical (unpaired) electrons. The summed E-state index contributed by atoms with van der Waals surface area (Å²) in [5, 5.41) is 9.68. The van der Waals surface area contributed by atoms with E-state index in [0.29, 0.717) is 5.56 Å². The fraction of sp³-hybridized carbons (Fsp3) is 0.538. The summed E-state index contributed by atoms with van der Waals surface area (Å²) in [4.78, 5) is 17.5. The summed E-state index contributed by atoms with van der Waals surface area (Å²) in [6.45, 7) is 3.61.